The monoisotopic (exact) mass is 736 g/mol. The maximum absolute atomic E-state index is 12.3. The maximum atomic E-state index is 12.3. The molecule has 0 spiro atoms. The number of primary sulfonamides is 1. The summed E-state index contributed by atoms with van der Waals surface area (Å²) in [5, 5.41) is 31.6. The van der Waals surface area contributed by atoms with Gasteiger partial charge in [-0.15, -0.1) is 15.3 Å². The zero-order valence-electron chi connectivity index (χ0n) is 23.6. The number of phenolic OH excluding ortho intramolecular Hbond substituents is 1. The Labute approximate surface area is 271 Å². The summed E-state index contributed by atoms with van der Waals surface area (Å²) in [5.41, 5.74) is 4.54. The van der Waals surface area contributed by atoms with E-state index in [1.807, 2.05) is 0 Å². The number of hydrogen-bond donors (Lipinski definition) is 6. The lowest BCUT2D eigenvalue weighted by Crippen LogP contribution is -2.11. The van der Waals surface area contributed by atoms with Gasteiger partial charge in [-0.25, -0.2) is 13.6 Å². The first-order valence-electron chi connectivity index (χ1n) is 12.7. The van der Waals surface area contributed by atoms with E-state index in [0.29, 0.717) is 0 Å². The van der Waals surface area contributed by atoms with E-state index in [-0.39, 0.29) is 43.5 Å². The van der Waals surface area contributed by atoms with Crippen LogP contribution in [0.4, 0.5) is 28.4 Å². The average Bonchev–Trinajstić information content (AvgIpc) is 2.97. The van der Waals surface area contributed by atoms with Crippen molar-refractivity contribution in [3.8, 4) is 5.75 Å². The lowest BCUT2D eigenvalue weighted by Gasteiger charge is -2.11. The standard InChI is InChI=1S/C26H20N6O12S4/c27-20-12-18-13(9-23(20)47(39,40)41)10-24(48(42,43)44)25(26(18)33)32-31-22-8-7-21(17-6-5-16(11-19(17)22)46(36,37)38)30-29-14-1-3-15(4-2-14)45(28,34)35/h1-12,33H,27H2,(H2,28,34,35)(H,36,37,38)(H,39,40,41)(H,42,43,44). The van der Waals surface area contributed by atoms with Crippen LogP contribution >= 0.6 is 0 Å². The van der Waals surface area contributed by atoms with Gasteiger partial charge in [-0.3, -0.25) is 13.7 Å². The molecule has 48 heavy (non-hydrogen) atoms. The molecule has 0 atom stereocenters. The molecule has 0 radical (unpaired) electrons. The number of fused-ring (bicyclic) bond motifs is 2. The van der Waals surface area contributed by atoms with Crippen LogP contribution in [0.2, 0.25) is 0 Å². The molecule has 5 rings (SSSR count). The van der Waals surface area contributed by atoms with E-state index in [1.54, 1.807) is 0 Å². The Balaban J connectivity index is 1.68. The third-order valence-electron chi connectivity index (χ3n) is 6.67. The number of phenols is 1. The second-order valence-corrected chi connectivity index (χ2v) is 15.6. The van der Waals surface area contributed by atoms with Crippen LogP contribution in [0.15, 0.2) is 113 Å². The first-order chi connectivity index (χ1) is 22.1. The van der Waals surface area contributed by atoms with Gasteiger partial charge in [-0.05, 0) is 72.1 Å². The van der Waals surface area contributed by atoms with E-state index in [9.17, 15) is 52.4 Å². The minimum atomic E-state index is -5.17. The first-order valence-corrected chi connectivity index (χ1v) is 18.6. The van der Waals surface area contributed by atoms with E-state index < -0.39 is 72.2 Å². The summed E-state index contributed by atoms with van der Waals surface area (Å²) in [4.78, 5) is -2.57. The van der Waals surface area contributed by atoms with Crippen LogP contribution in [-0.4, -0.2) is 52.4 Å². The molecular formula is C26H20N6O12S4. The number of nitrogen functional groups attached to an aromatic ring is 1. The lowest BCUT2D eigenvalue weighted by atomic mass is 10.1. The van der Waals surface area contributed by atoms with Crippen LogP contribution in [0.1, 0.15) is 0 Å². The minimum Gasteiger partial charge on any atom is -0.505 e. The first kappa shape index (κ1) is 34.4. The Hall–Kier alpha value is -4.94. The smallest absolute Gasteiger partial charge is 0.296 e. The van der Waals surface area contributed by atoms with Crippen molar-refractivity contribution >= 4 is 90.4 Å². The molecule has 0 aliphatic heterocycles. The Bertz CT molecular complexity index is 2680. The van der Waals surface area contributed by atoms with Crippen molar-refractivity contribution in [1.82, 2.24) is 0 Å². The largest absolute Gasteiger partial charge is 0.505 e. The van der Waals surface area contributed by atoms with Crippen molar-refractivity contribution in [1.29, 1.82) is 0 Å². The summed E-state index contributed by atoms with van der Waals surface area (Å²) >= 11 is 0. The third kappa shape index (κ3) is 6.99. The molecule has 250 valence electrons. The average molecular weight is 737 g/mol. The van der Waals surface area contributed by atoms with Gasteiger partial charge in [0.15, 0.2) is 5.75 Å². The molecule has 0 amide bonds. The summed E-state index contributed by atoms with van der Waals surface area (Å²) in [7, 11) is -18.7. The number of nitrogens with zero attached hydrogens (tertiary/aromatic N) is 4. The maximum Gasteiger partial charge on any atom is 0.296 e. The van der Waals surface area contributed by atoms with Crippen LogP contribution in [0.5, 0.6) is 5.75 Å². The second-order valence-electron chi connectivity index (χ2n) is 9.86. The van der Waals surface area contributed by atoms with E-state index in [2.05, 4.69) is 20.5 Å². The molecule has 0 aliphatic carbocycles. The van der Waals surface area contributed by atoms with Crippen molar-refractivity contribution < 1.29 is 52.4 Å². The summed E-state index contributed by atoms with van der Waals surface area (Å²) in [6, 6.07) is 13.4. The molecule has 8 N–H and O–H groups in total. The molecule has 0 heterocycles. The molecule has 5 aromatic carbocycles. The Morgan fingerprint density at radius 2 is 1.08 bits per heavy atom. The molecule has 0 unspecified atom stereocenters. The van der Waals surface area contributed by atoms with Gasteiger partial charge < -0.3 is 10.8 Å². The number of benzene rings is 5. The normalized spacial score (nSPS) is 13.2. The number of hydrogen-bond acceptors (Lipinski definition) is 14. The van der Waals surface area contributed by atoms with Crippen LogP contribution in [0.3, 0.4) is 0 Å². The van der Waals surface area contributed by atoms with Crippen molar-refractivity contribution in [2.24, 2.45) is 25.6 Å². The highest BCUT2D eigenvalue weighted by molar-refractivity contribution is 7.89. The minimum absolute atomic E-state index is 0.0226. The predicted molar refractivity (Wildman–Crippen MR) is 170 cm³/mol. The fourth-order valence-electron chi connectivity index (χ4n) is 4.46. The molecule has 0 aromatic heterocycles. The van der Waals surface area contributed by atoms with Gasteiger partial charge in [0.2, 0.25) is 10.0 Å². The summed E-state index contributed by atoms with van der Waals surface area (Å²) < 4.78 is 124. The molecule has 0 aliphatic rings. The number of rotatable bonds is 8. The van der Waals surface area contributed by atoms with Gasteiger partial charge in [-0.1, -0.05) is 6.07 Å². The van der Waals surface area contributed by atoms with Crippen molar-refractivity contribution in [3.05, 3.63) is 72.8 Å². The highest BCUT2D eigenvalue weighted by Gasteiger charge is 2.25. The zero-order chi connectivity index (χ0) is 35.4. The SMILES string of the molecule is Nc1cc2c(O)c(N=Nc3ccc(N=Nc4ccc(S(N)(=O)=O)cc4)c4ccc(S(=O)(=O)O)cc34)c(S(=O)(=O)O)cc2cc1S(=O)(=O)O. The van der Waals surface area contributed by atoms with E-state index in [0.717, 1.165) is 30.3 Å². The van der Waals surface area contributed by atoms with Crippen LogP contribution in [0, 0.1) is 0 Å². The second kappa shape index (κ2) is 11.9. The van der Waals surface area contributed by atoms with E-state index >= 15 is 0 Å². The number of aromatic hydroxyl groups is 1. The fourth-order valence-corrected chi connectivity index (χ4v) is 6.77. The zero-order valence-corrected chi connectivity index (χ0v) is 26.8. The van der Waals surface area contributed by atoms with E-state index in [4.69, 9.17) is 10.9 Å². The fraction of sp³-hybridized carbons (Fsp3) is 0. The molecular weight excluding hydrogens is 717 g/mol. The highest BCUT2D eigenvalue weighted by Crippen LogP contribution is 2.44. The van der Waals surface area contributed by atoms with Gasteiger partial charge in [-0.2, -0.15) is 30.4 Å². The van der Waals surface area contributed by atoms with E-state index in [1.165, 1.54) is 42.5 Å². The van der Waals surface area contributed by atoms with Crippen LogP contribution < -0.4 is 10.9 Å². The summed E-state index contributed by atoms with van der Waals surface area (Å²) in [6.07, 6.45) is 0. The highest BCUT2D eigenvalue weighted by atomic mass is 32.2. The summed E-state index contributed by atoms with van der Waals surface area (Å²) in [5.74, 6) is -0.917. The molecule has 0 saturated heterocycles. The Kier molecular flexibility index (Phi) is 8.56. The number of azo groups is 2. The van der Waals surface area contributed by atoms with Gasteiger partial charge in [0.25, 0.3) is 30.4 Å². The number of sulfonamides is 1. The topological polar surface area (TPSA) is 319 Å². The lowest BCUT2D eigenvalue weighted by molar-refractivity contribution is 0.472. The van der Waals surface area contributed by atoms with Crippen molar-refractivity contribution in [2.45, 2.75) is 19.6 Å². The molecule has 18 nitrogen and oxygen atoms in total. The molecule has 0 fully saturated rings. The van der Waals surface area contributed by atoms with Crippen LogP contribution in [-0.2, 0) is 40.4 Å². The van der Waals surface area contributed by atoms with Crippen molar-refractivity contribution in [2.75, 3.05) is 5.73 Å². The van der Waals surface area contributed by atoms with Gasteiger partial charge >= 0.3 is 0 Å². The predicted octanol–water partition coefficient (Wildman–Crippen LogP) is 4.50. The van der Waals surface area contributed by atoms with Crippen molar-refractivity contribution in [3.63, 3.8) is 0 Å². The van der Waals surface area contributed by atoms with Crippen LogP contribution in [0.25, 0.3) is 21.5 Å². The quantitative estimate of drug-likeness (QED) is 0.0727. The Morgan fingerprint density at radius 1 is 0.542 bits per heavy atom. The number of anilines is 1. The molecule has 5 aromatic rings. The van der Waals surface area contributed by atoms with Gasteiger partial charge in [0, 0.05) is 16.2 Å². The Morgan fingerprint density at radius 3 is 1.65 bits per heavy atom. The number of nitrogens with two attached hydrogens (primary N) is 2. The summed E-state index contributed by atoms with van der Waals surface area (Å²) in [6.45, 7) is 0. The molecule has 22 heteroatoms. The molecule has 0 saturated carbocycles. The third-order valence-corrected chi connectivity index (χ3v) is 10.2. The van der Waals surface area contributed by atoms with Gasteiger partial charge in [0.1, 0.15) is 15.5 Å². The van der Waals surface area contributed by atoms with Gasteiger partial charge in [0.05, 0.1) is 32.5 Å². The molecule has 0 bridgehead atoms.